The summed E-state index contributed by atoms with van der Waals surface area (Å²) in [6.07, 6.45) is 3.43. The Balaban J connectivity index is 0. The molecule has 0 saturated heterocycles. The van der Waals surface area contributed by atoms with E-state index in [0.29, 0.717) is 13.0 Å². The van der Waals surface area contributed by atoms with Crippen LogP contribution in [0.1, 0.15) is 39.5 Å². The second-order valence-corrected chi connectivity index (χ2v) is 2.18. The number of methoxy groups -OCH3 is 1. The molecule has 0 spiro atoms. The first-order valence-corrected chi connectivity index (χ1v) is 4.58. The predicted octanol–water partition coefficient (Wildman–Crippen LogP) is 1.70. The Labute approximate surface area is 75.3 Å². The van der Waals surface area contributed by atoms with Crippen LogP contribution >= 0.6 is 0 Å². The molecule has 0 aromatic heterocycles. The van der Waals surface area contributed by atoms with Gasteiger partial charge in [0.2, 0.25) is 0 Å². The van der Waals surface area contributed by atoms with Crippen LogP contribution in [0.2, 0.25) is 0 Å². The summed E-state index contributed by atoms with van der Waals surface area (Å²) >= 11 is 0. The van der Waals surface area contributed by atoms with Crippen molar-refractivity contribution in [1.29, 1.82) is 0 Å². The fraction of sp³-hybridized carbons (Fsp3) is 0.889. The van der Waals surface area contributed by atoms with Gasteiger partial charge in [-0.3, -0.25) is 4.79 Å². The van der Waals surface area contributed by atoms with E-state index in [1.807, 2.05) is 13.8 Å². The van der Waals surface area contributed by atoms with E-state index in [9.17, 15) is 4.79 Å². The molecule has 0 aliphatic carbocycles. The number of ether oxygens (including phenoxy) is 1. The molecule has 0 aromatic rings. The number of hydrogen-bond acceptors (Lipinski definition) is 3. The van der Waals surface area contributed by atoms with Crippen molar-refractivity contribution >= 4 is 5.97 Å². The molecule has 0 amide bonds. The lowest BCUT2D eigenvalue weighted by molar-refractivity contribution is -0.140. The van der Waals surface area contributed by atoms with Gasteiger partial charge in [0.15, 0.2) is 0 Å². The third-order valence-corrected chi connectivity index (χ3v) is 1.31. The first-order chi connectivity index (χ1) is 5.81. The zero-order valence-electron chi connectivity index (χ0n) is 8.43. The highest BCUT2D eigenvalue weighted by Crippen LogP contribution is 1.98. The zero-order valence-corrected chi connectivity index (χ0v) is 8.43. The number of carbonyl (C=O) groups excluding carboxylic acids is 1. The summed E-state index contributed by atoms with van der Waals surface area (Å²) in [4.78, 5) is 10.5. The van der Waals surface area contributed by atoms with Crippen molar-refractivity contribution in [3.8, 4) is 0 Å². The number of hydrogen-bond donors (Lipinski definition) is 1. The molecule has 0 heterocycles. The topological polar surface area (TPSA) is 52.3 Å². The van der Waals surface area contributed by atoms with Crippen molar-refractivity contribution < 1.29 is 9.53 Å². The smallest absolute Gasteiger partial charge is 0.305 e. The van der Waals surface area contributed by atoms with Gasteiger partial charge in [0, 0.05) is 6.42 Å². The summed E-state index contributed by atoms with van der Waals surface area (Å²) in [5.41, 5.74) is 5.26. The zero-order chi connectivity index (χ0) is 9.82. The number of unbranched alkanes of at least 4 members (excludes halogenated alkanes) is 2. The van der Waals surface area contributed by atoms with Gasteiger partial charge in [-0.2, -0.15) is 0 Å². The molecule has 0 saturated carbocycles. The normalized spacial score (nSPS) is 8.33. The maximum Gasteiger partial charge on any atom is 0.305 e. The molecule has 0 aliphatic rings. The van der Waals surface area contributed by atoms with Crippen molar-refractivity contribution in [1.82, 2.24) is 0 Å². The standard InChI is InChI=1S/C7H15NO2.C2H6/c1-10-7(9)5-3-2-4-6-8;1-2/h2-6,8H2,1H3;1-2H3. The van der Waals surface area contributed by atoms with E-state index in [1.165, 1.54) is 7.11 Å². The summed E-state index contributed by atoms with van der Waals surface area (Å²) in [6.45, 7) is 4.71. The fourth-order valence-electron chi connectivity index (χ4n) is 0.693. The minimum Gasteiger partial charge on any atom is -0.469 e. The first kappa shape index (κ1) is 14.0. The van der Waals surface area contributed by atoms with E-state index < -0.39 is 0 Å². The second-order valence-electron chi connectivity index (χ2n) is 2.18. The van der Waals surface area contributed by atoms with Crippen LogP contribution in [0, 0.1) is 0 Å². The van der Waals surface area contributed by atoms with Crippen molar-refractivity contribution in [3.63, 3.8) is 0 Å². The van der Waals surface area contributed by atoms with Crippen molar-refractivity contribution in [2.75, 3.05) is 13.7 Å². The van der Waals surface area contributed by atoms with E-state index in [4.69, 9.17) is 5.73 Å². The number of nitrogens with two attached hydrogens (primary N) is 1. The summed E-state index contributed by atoms with van der Waals surface area (Å²) in [6, 6.07) is 0. The molecule has 0 aliphatic heterocycles. The van der Waals surface area contributed by atoms with Gasteiger partial charge in [-0.25, -0.2) is 0 Å². The molecule has 0 unspecified atom stereocenters. The average Bonchev–Trinajstić information content (AvgIpc) is 2.15. The Bertz CT molecular complexity index is 94.5. The van der Waals surface area contributed by atoms with Gasteiger partial charge in [0.1, 0.15) is 0 Å². The van der Waals surface area contributed by atoms with Crippen LogP contribution in [0.25, 0.3) is 0 Å². The monoisotopic (exact) mass is 175 g/mol. The van der Waals surface area contributed by atoms with Gasteiger partial charge in [-0.1, -0.05) is 20.3 Å². The Hall–Kier alpha value is -0.570. The molecule has 0 radical (unpaired) electrons. The van der Waals surface area contributed by atoms with Crippen LogP contribution in [0.5, 0.6) is 0 Å². The van der Waals surface area contributed by atoms with E-state index >= 15 is 0 Å². The Morgan fingerprint density at radius 1 is 1.25 bits per heavy atom. The van der Waals surface area contributed by atoms with Crippen molar-refractivity contribution in [3.05, 3.63) is 0 Å². The van der Waals surface area contributed by atoms with Crippen molar-refractivity contribution in [2.24, 2.45) is 5.73 Å². The van der Waals surface area contributed by atoms with Gasteiger partial charge >= 0.3 is 5.97 Å². The maximum absolute atomic E-state index is 10.5. The molecule has 0 fully saturated rings. The molecule has 12 heavy (non-hydrogen) atoms. The highest BCUT2D eigenvalue weighted by molar-refractivity contribution is 5.68. The van der Waals surface area contributed by atoms with Crippen LogP contribution in [0.4, 0.5) is 0 Å². The van der Waals surface area contributed by atoms with E-state index in [1.54, 1.807) is 0 Å². The number of carbonyl (C=O) groups is 1. The summed E-state index contributed by atoms with van der Waals surface area (Å²) in [7, 11) is 1.41. The van der Waals surface area contributed by atoms with Gasteiger partial charge in [-0.05, 0) is 19.4 Å². The highest BCUT2D eigenvalue weighted by atomic mass is 16.5. The maximum atomic E-state index is 10.5. The molecule has 3 heteroatoms. The van der Waals surface area contributed by atoms with Crippen LogP contribution in [-0.4, -0.2) is 19.6 Å². The van der Waals surface area contributed by atoms with Crippen LogP contribution in [0.15, 0.2) is 0 Å². The molecule has 0 rings (SSSR count). The first-order valence-electron chi connectivity index (χ1n) is 4.58. The Morgan fingerprint density at radius 3 is 2.25 bits per heavy atom. The number of rotatable bonds is 5. The SMILES string of the molecule is CC.COC(=O)CCCCCN. The quantitative estimate of drug-likeness (QED) is 0.511. The molecular weight excluding hydrogens is 154 g/mol. The minimum atomic E-state index is -0.128. The molecule has 2 N–H and O–H groups in total. The predicted molar refractivity (Wildman–Crippen MR) is 50.9 cm³/mol. The Morgan fingerprint density at radius 2 is 1.83 bits per heavy atom. The number of esters is 1. The van der Waals surface area contributed by atoms with Crippen molar-refractivity contribution in [2.45, 2.75) is 39.5 Å². The minimum absolute atomic E-state index is 0.128. The molecule has 0 bridgehead atoms. The van der Waals surface area contributed by atoms with Crippen LogP contribution < -0.4 is 5.73 Å². The summed E-state index contributed by atoms with van der Waals surface area (Å²) in [5, 5.41) is 0. The fourth-order valence-corrected chi connectivity index (χ4v) is 0.693. The lowest BCUT2D eigenvalue weighted by atomic mass is 10.2. The van der Waals surface area contributed by atoms with E-state index in [2.05, 4.69) is 4.74 Å². The largest absolute Gasteiger partial charge is 0.469 e. The third kappa shape index (κ3) is 12.1. The summed E-state index contributed by atoms with van der Waals surface area (Å²) < 4.78 is 4.46. The third-order valence-electron chi connectivity index (χ3n) is 1.31. The molecule has 74 valence electrons. The molecular formula is C9H21NO2. The molecule has 3 nitrogen and oxygen atoms in total. The van der Waals surface area contributed by atoms with Gasteiger partial charge < -0.3 is 10.5 Å². The highest BCUT2D eigenvalue weighted by Gasteiger charge is 1.97. The van der Waals surface area contributed by atoms with Crippen LogP contribution in [0.3, 0.4) is 0 Å². The van der Waals surface area contributed by atoms with Gasteiger partial charge in [0.25, 0.3) is 0 Å². The van der Waals surface area contributed by atoms with Crippen LogP contribution in [-0.2, 0) is 9.53 Å². The Kier molecular flexibility index (Phi) is 15.2. The molecule has 0 atom stereocenters. The second kappa shape index (κ2) is 13.1. The lowest BCUT2D eigenvalue weighted by Crippen LogP contribution is -2.01. The van der Waals surface area contributed by atoms with E-state index in [0.717, 1.165) is 19.3 Å². The lowest BCUT2D eigenvalue weighted by Gasteiger charge is -1.97. The average molecular weight is 175 g/mol. The molecule has 0 aromatic carbocycles. The van der Waals surface area contributed by atoms with Gasteiger partial charge in [-0.15, -0.1) is 0 Å². The summed E-state index contributed by atoms with van der Waals surface area (Å²) in [5.74, 6) is -0.128. The van der Waals surface area contributed by atoms with Gasteiger partial charge in [0.05, 0.1) is 7.11 Å². The van der Waals surface area contributed by atoms with E-state index in [-0.39, 0.29) is 5.97 Å².